The average Bonchev–Trinajstić information content (AvgIpc) is 2.99. The zero-order valence-corrected chi connectivity index (χ0v) is 14.0. The molecule has 0 fully saturated rings. The molecule has 2 aromatic carbocycles. The summed E-state index contributed by atoms with van der Waals surface area (Å²) in [6, 6.07) is 14.2. The van der Waals surface area contributed by atoms with E-state index < -0.39 is 6.03 Å². The highest BCUT2D eigenvalue weighted by Crippen LogP contribution is 2.27. The first-order valence-electron chi connectivity index (χ1n) is 6.66. The Bertz CT molecular complexity index is 836. The topological polar surface area (TPSA) is 54.0 Å². The molecule has 0 unspecified atom stereocenters. The van der Waals surface area contributed by atoms with Crippen molar-refractivity contribution in [3.63, 3.8) is 0 Å². The number of amides is 2. The second kappa shape index (κ2) is 7.00. The summed E-state index contributed by atoms with van der Waals surface area (Å²) < 4.78 is 0. The fourth-order valence-electron chi connectivity index (χ4n) is 1.91. The highest BCUT2D eigenvalue weighted by molar-refractivity contribution is 7.14. The maximum absolute atomic E-state index is 12.0. The van der Waals surface area contributed by atoms with Crippen molar-refractivity contribution in [2.45, 2.75) is 0 Å². The molecule has 0 aliphatic carbocycles. The Balaban J connectivity index is 1.68. The number of aromatic nitrogens is 1. The number of rotatable bonds is 3. The number of hydrogen-bond acceptors (Lipinski definition) is 3. The van der Waals surface area contributed by atoms with E-state index in [0.29, 0.717) is 20.9 Å². The fourth-order valence-corrected chi connectivity index (χ4v) is 3.08. The molecule has 2 N–H and O–H groups in total. The van der Waals surface area contributed by atoms with Crippen molar-refractivity contribution in [3.8, 4) is 11.3 Å². The Hall–Kier alpha value is -2.08. The van der Waals surface area contributed by atoms with Crippen LogP contribution in [-0.4, -0.2) is 11.0 Å². The first-order valence-corrected chi connectivity index (χ1v) is 8.29. The summed E-state index contributed by atoms with van der Waals surface area (Å²) in [5.74, 6) is 0. The van der Waals surface area contributed by atoms with Crippen LogP contribution in [0.5, 0.6) is 0 Å². The molecular weight excluding hydrogens is 353 g/mol. The van der Waals surface area contributed by atoms with Crippen LogP contribution in [0.3, 0.4) is 0 Å². The summed E-state index contributed by atoms with van der Waals surface area (Å²) in [5.41, 5.74) is 2.29. The number of hydrogen-bond donors (Lipinski definition) is 2. The first kappa shape index (κ1) is 15.8. The lowest BCUT2D eigenvalue weighted by atomic mass is 10.2. The molecule has 0 aliphatic heterocycles. The second-order valence-corrected chi connectivity index (χ2v) is 6.31. The predicted molar refractivity (Wildman–Crippen MR) is 96.7 cm³/mol. The Morgan fingerprint density at radius 2 is 1.83 bits per heavy atom. The van der Waals surface area contributed by atoms with Gasteiger partial charge in [0, 0.05) is 16.0 Å². The Kier molecular flexibility index (Phi) is 4.81. The minimum atomic E-state index is -0.414. The van der Waals surface area contributed by atoms with Crippen molar-refractivity contribution in [2.24, 2.45) is 0 Å². The van der Waals surface area contributed by atoms with E-state index in [4.69, 9.17) is 23.2 Å². The summed E-state index contributed by atoms with van der Waals surface area (Å²) in [5, 5.41) is 8.62. The standard InChI is InChI=1S/C16H11Cl2N3OS/c17-11-6-7-13(12(18)8-11)19-15(22)21-16-20-14(9-23-16)10-4-2-1-3-5-10/h1-9H,(H2,19,20,21,22). The van der Waals surface area contributed by atoms with E-state index in [1.807, 2.05) is 35.7 Å². The van der Waals surface area contributed by atoms with Gasteiger partial charge in [0.25, 0.3) is 0 Å². The van der Waals surface area contributed by atoms with Crippen LogP contribution in [0.2, 0.25) is 10.0 Å². The van der Waals surface area contributed by atoms with Gasteiger partial charge in [0.2, 0.25) is 0 Å². The van der Waals surface area contributed by atoms with Crippen LogP contribution in [0.1, 0.15) is 0 Å². The molecule has 7 heteroatoms. The van der Waals surface area contributed by atoms with Gasteiger partial charge in [-0.15, -0.1) is 11.3 Å². The summed E-state index contributed by atoms with van der Waals surface area (Å²) >= 11 is 13.2. The van der Waals surface area contributed by atoms with Crippen molar-refractivity contribution < 1.29 is 4.79 Å². The van der Waals surface area contributed by atoms with Crippen LogP contribution in [-0.2, 0) is 0 Å². The van der Waals surface area contributed by atoms with E-state index in [9.17, 15) is 4.79 Å². The largest absolute Gasteiger partial charge is 0.325 e. The number of nitrogens with one attached hydrogen (secondary N) is 2. The Labute approximate surface area is 147 Å². The summed E-state index contributed by atoms with van der Waals surface area (Å²) in [6.45, 7) is 0. The molecule has 2 amide bonds. The fraction of sp³-hybridized carbons (Fsp3) is 0. The molecular formula is C16H11Cl2N3OS. The van der Waals surface area contributed by atoms with Crippen molar-refractivity contribution in [3.05, 3.63) is 64.0 Å². The highest BCUT2D eigenvalue weighted by atomic mass is 35.5. The van der Waals surface area contributed by atoms with Gasteiger partial charge in [-0.05, 0) is 18.2 Å². The van der Waals surface area contributed by atoms with E-state index in [1.54, 1.807) is 18.2 Å². The molecule has 4 nitrogen and oxygen atoms in total. The quantitative estimate of drug-likeness (QED) is 0.621. The van der Waals surface area contributed by atoms with Gasteiger partial charge in [0.15, 0.2) is 5.13 Å². The third kappa shape index (κ3) is 4.01. The Morgan fingerprint density at radius 1 is 1.04 bits per heavy atom. The molecule has 0 saturated heterocycles. The third-order valence-electron chi connectivity index (χ3n) is 2.97. The summed E-state index contributed by atoms with van der Waals surface area (Å²) in [7, 11) is 0. The van der Waals surface area contributed by atoms with Crippen LogP contribution in [0.4, 0.5) is 15.6 Å². The molecule has 3 aromatic rings. The minimum absolute atomic E-state index is 0.372. The van der Waals surface area contributed by atoms with E-state index in [0.717, 1.165) is 11.3 Å². The SMILES string of the molecule is O=C(Nc1nc(-c2ccccc2)cs1)Nc1ccc(Cl)cc1Cl. The maximum atomic E-state index is 12.0. The lowest BCUT2D eigenvalue weighted by Gasteiger charge is -2.07. The van der Waals surface area contributed by atoms with E-state index in [-0.39, 0.29) is 0 Å². The van der Waals surface area contributed by atoms with E-state index in [1.165, 1.54) is 11.3 Å². The van der Waals surface area contributed by atoms with Crippen molar-refractivity contribution in [1.29, 1.82) is 0 Å². The van der Waals surface area contributed by atoms with Gasteiger partial charge >= 0.3 is 6.03 Å². The molecule has 0 atom stereocenters. The predicted octanol–water partition coefficient (Wildman–Crippen LogP) is 5.76. The van der Waals surface area contributed by atoms with Gasteiger partial charge in [-0.1, -0.05) is 53.5 Å². The summed E-state index contributed by atoms with van der Waals surface area (Å²) in [6.07, 6.45) is 0. The minimum Gasteiger partial charge on any atom is -0.306 e. The molecule has 0 bridgehead atoms. The van der Waals surface area contributed by atoms with Crippen LogP contribution in [0.15, 0.2) is 53.9 Å². The molecule has 23 heavy (non-hydrogen) atoms. The van der Waals surface area contributed by atoms with Crippen molar-refractivity contribution in [2.75, 3.05) is 10.6 Å². The second-order valence-electron chi connectivity index (χ2n) is 4.61. The molecule has 0 aliphatic rings. The van der Waals surface area contributed by atoms with E-state index in [2.05, 4.69) is 15.6 Å². The summed E-state index contributed by atoms with van der Waals surface area (Å²) in [4.78, 5) is 16.4. The van der Waals surface area contributed by atoms with Gasteiger partial charge in [0.1, 0.15) is 0 Å². The number of urea groups is 1. The molecule has 1 aromatic heterocycles. The lowest BCUT2D eigenvalue weighted by Crippen LogP contribution is -2.19. The van der Waals surface area contributed by atoms with Crippen LogP contribution >= 0.6 is 34.5 Å². The number of anilines is 2. The normalized spacial score (nSPS) is 10.3. The smallest absolute Gasteiger partial charge is 0.306 e. The van der Waals surface area contributed by atoms with Crippen LogP contribution < -0.4 is 10.6 Å². The van der Waals surface area contributed by atoms with Crippen LogP contribution in [0, 0.1) is 0 Å². The van der Waals surface area contributed by atoms with Gasteiger partial charge in [-0.25, -0.2) is 9.78 Å². The molecule has 1 heterocycles. The maximum Gasteiger partial charge on any atom is 0.325 e. The molecule has 0 spiro atoms. The number of halogens is 2. The van der Waals surface area contributed by atoms with Crippen LogP contribution in [0.25, 0.3) is 11.3 Å². The number of benzene rings is 2. The molecule has 116 valence electrons. The lowest BCUT2D eigenvalue weighted by molar-refractivity contribution is 0.262. The molecule has 0 radical (unpaired) electrons. The molecule has 0 saturated carbocycles. The monoisotopic (exact) mass is 363 g/mol. The van der Waals surface area contributed by atoms with Gasteiger partial charge in [0.05, 0.1) is 16.4 Å². The van der Waals surface area contributed by atoms with Gasteiger partial charge in [-0.3, -0.25) is 5.32 Å². The van der Waals surface area contributed by atoms with Gasteiger partial charge in [-0.2, -0.15) is 0 Å². The third-order valence-corrected chi connectivity index (χ3v) is 4.28. The van der Waals surface area contributed by atoms with Gasteiger partial charge < -0.3 is 5.32 Å². The van der Waals surface area contributed by atoms with Crippen molar-refractivity contribution >= 4 is 51.4 Å². The van der Waals surface area contributed by atoms with E-state index >= 15 is 0 Å². The number of nitrogens with zero attached hydrogens (tertiary/aromatic N) is 1. The average molecular weight is 364 g/mol. The molecule has 3 rings (SSSR count). The Morgan fingerprint density at radius 3 is 2.57 bits per heavy atom. The zero-order chi connectivity index (χ0) is 16.2. The first-order chi connectivity index (χ1) is 11.1. The zero-order valence-electron chi connectivity index (χ0n) is 11.7. The van der Waals surface area contributed by atoms with Crippen molar-refractivity contribution in [1.82, 2.24) is 4.98 Å². The number of carbonyl (C=O) groups excluding carboxylic acids is 1. The highest BCUT2D eigenvalue weighted by Gasteiger charge is 2.09. The number of thiazole rings is 1. The number of carbonyl (C=O) groups is 1.